The molecule has 0 bridgehead atoms. The molecule has 21 heavy (non-hydrogen) atoms. The normalized spacial score (nSPS) is 10.5. The molecule has 5 nitrogen and oxygen atoms in total. The van der Waals surface area contributed by atoms with Gasteiger partial charge < -0.3 is 20.1 Å². The van der Waals surface area contributed by atoms with Gasteiger partial charge in [-0.1, -0.05) is 11.2 Å². The first kappa shape index (κ1) is 13.0. The molecule has 2 aromatic carbocycles. The van der Waals surface area contributed by atoms with E-state index in [1.807, 2.05) is 0 Å². The predicted molar refractivity (Wildman–Crippen MR) is 74.5 cm³/mol. The second kappa shape index (κ2) is 5.16. The molecule has 0 unspecified atom stereocenters. The van der Waals surface area contributed by atoms with Gasteiger partial charge in [0.1, 0.15) is 17.1 Å². The van der Waals surface area contributed by atoms with Crippen LogP contribution in [0.15, 0.2) is 53.2 Å². The van der Waals surface area contributed by atoms with Crippen LogP contribution < -0.4 is 10.5 Å². The monoisotopic (exact) mass is 286 g/mol. The van der Waals surface area contributed by atoms with Gasteiger partial charge in [-0.25, -0.2) is 4.39 Å². The Morgan fingerprint density at radius 2 is 2.00 bits per heavy atom. The highest BCUT2D eigenvalue weighted by atomic mass is 19.1. The number of hydrogen-bond acceptors (Lipinski definition) is 5. The number of anilines is 1. The minimum Gasteiger partial charge on any atom is -0.507 e. The number of phenolic OH excluding ortho intramolecular Hbond substituents is 1. The molecule has 0 spiro atoms. The summed E-state index contributed by atoms with van der Waals surface area (Å²) in [5.74, 6) is -0.0908. The highest BCUT2D eigenvalue weighted by Gasteiger charge is 2.16. The summed E-state index contributed by atoms with van der Waals surface area (Å²) < 4.78 is 24.4. The van der Waals surface area contributed by atoms with E-state index in [0.717, 1.165) is 6.07 Å². The molecule has 0 radical (unpaired) electrons. The first-order chi connectivity index (χ1) is 10.1. The van der Waals surface area contributed by atoms with Crippen molar-refractivity contribution in [1.82, 2.24) is 5.16 Å². The second-order valence-corrected chi connectivity index (χ2v) is 4.32. The van der Waals surface area contributed by atoms with Crippen LogP contribution in [0.4, 0.5) is 10.1 Å². The fourth-order valence-electron chi connectivity index (χ4n) is 1.92. The minimum atomic E-state index is -0.595. The Balaban J connectivity index is 2.05. The summed E-state index contributed by atoms with van der Waals surface area (Å²) in [6.07, 6.45) is 1.44. The van der Waals surface area contributed by atoms with Crippen molar-refractivity contribution in [2.45, 2.75) is 0 Å². The number of benzene rings is 2. The summed E-state index contributed by atoms with van der Waals surface area (Å²) in [5, 5.41) is 13.6. The quantitative estimate of drug-likeness (QED) is 0.719. The molecule has 3 rings (SSSR count). The Bertz CT molecular complexity index is 773. The highest BCUT2D eigenvalue weighted by Crippen LogP contribution is 2.40. The molecule has 3 N–H and O–H groups in total. The fourth-order valence-corrected chi connectivity index (χ4v) is 1.92. The number of halogens is 1. The van der Waals surface area contributed by atoms with E-state index in [1.165, 1.54) is 24.4 Å². The van der Waals surface area contributed by atoms with Gasteiger partial charge in [0.05, 0.1) is 6.20 Å². The predicted octanol–water partition coefficient (Wildman–Crippen LogP) is 3.56. The zero-order chi connectivity index (χ0) is 14.8. The first-order valence-electron chi connectivity index (χ1n) is 6.11. The Kier molecular flexibility index (Phi) is 3.19. The van der Waals surface area contributed by atoms with Gasteiger partial charge >= 0.3 is 0 Å². The molecular formula is C15H11FN2O3. The standard InChI is InChI=1S/C15H11FN2O3/c16-10-8-9(17)4-5-12(10)20-13-3-1-2-11(19)15(13)14-6-7-18-21-14/h1-8,19H,17H2. The van der Waals surface area contributed by atoms with Crippen molar-refractivity contribution in [3.8, 4) is 28.6 Å². The molecule has 0 aliphatic rings. The third-order valence-corrected chi connectivity index (χ3v) is 2.86. The molecule has 6 heteroatoms. The Labute approximate surface area is 119 Å². The maximum atomic E-state index is 13.8. The number of rotatable bonds is 3. The average molecular weight is 286 g/mol. The van der Waals surface area contributed by atoms with Gasteiger partial charge in [-0.05, 0) is 24.3 Å². The SMILES string of the molecule is Nc1ccc(Oc2cccc(O)c2-c2ccno2)c(F)c1. The van der Waals surface area contributed by atoms with Crippen LogP contribution in [0.5, 0.6) is 17.2 Å². The number of nitrogen functional groups attached to an aromatic ring is 1. The molecule has 1 aromatic heterocycles. The minimum absolute atomic E-state index is 0.00411. The summed E-state index contributed by atoms with van der Waals surface area (Å²) >= 11 is 0. The van der Waals surface area contributed by atoms with Crippen LogP contribution in [0, 0.1) is 5.82 Å². The van der Waals surface area contributed by atoms with E-state index >= 15 is 0 Å². The summed E-state index contributed by atoms with van der Waals surface area (Å²) in [7, 11) is 0. The van der Waals surface area contributed by atoms with E-state index in [2.05, 4.69) is 5.16 Å². The number of phenols is 1. The van der Waals surface area contributed by atoms with Crippen LogP contribution >= 0.6 is 0 Å². The number of nitrogens with zero attached hydrogens (tertiary/aromatic N) is 1. The molecule has 0 saturated heterocycles. The molecule has 0 aliphatic heterocycles. The Morgan fingerprint density at radius 1 is 1.14 bits per heavy atom. The van der Waals surface area contributed by atoms with Crippen molar-refractivity contribution in [2.24, 2.45) is 0 Å². The van der Waals surface area contributed by atoms with Gasteiger partial charge in [0.25, 0.3) is 0 Å². The van der Waals surface area contributed by atoms with Crippen molar-refractivity contribution in [2.75, 3.05) is 5.73 Å². The van der Waals surface area contributed by atoms with E-state index in [1.54, 1.807) is 18.2 Å². The molecule has 0 saturated carbocycles. The number of aromatic nitrogens is 1. The highest BCUT2D eigenvalue weighted by molar-refractivity contribution is 5.72. The Hall–Kier alpha value is -3.02. The van der Waals surface area contributed by atoms with E-state index in [4.69, 9.17) is 15.0 Å². The molecule has 0 amide bonds. The van der Waals surface area contributed by atoms with Gasteiger partial charge in [-0.2, -0.15) is 0 Å². The lowest BCUT2D eigenvalue weighted by Gasteiger charge is -2.11. The van der Waals surface area contributed by atoms with E-state index < -0.39 is 5.82 Å². The van der Waals surface area contributed by atoms with Gasteiger partial charge in [-0.3, -0.25) is 0 Å². The number of ether oxygens (including phenoxy) is 1. The summed E-state index contributed by atoms with van der Waals surface area (Å²) in [5.41, 5.74) is 6.09. The van der Waals surface area contributed by atoms with Gasteiger partial charge in [0, 0.05) is 17.8 Å². The van der Waals surface area contributed by atoms with Crippen LogP contribution in [-0.2, 0) is 0 Å². The lowest BCUT2D eigenvalue weighted by Crippen LogP contribution is -1.93. The third kappa shape index (κ3) is 2.51. The number of nitrogens with two attached hydrogens (primary N) is 1. The summed E-state index contributed by atoms with van der Waals surface area (Å²) in [6.45, 7) is 0. The smallest absolute Gasteiger partial charge is 0.174 e. The molecule has 1 heterocycles. The molecule has 0 fully saturated rings. The summed E-state index contributed by atoms with van der Waals surface area (Å²) in [4.78, 5) is 0. The number of hydrogen-bond donors (Lipinski definition) is 2. The first-order valence-corrected chi connectivity index (χ1v) is 6.11. The molecule has 0 atom stereocenters. The van der Waals surface area contributed by atoms with Crippen molar-refractivity contribution in [3.63, 3.8) is 0 Å². The zero-order valence-corrected chi connectivity index (χ0v) is 10.8. The van der Waals surface area contributed by atoms with Gasteiger partial charge in [0.15, 0.2) is 17.3 Å². The van der Waals surface area contributed by atoms with E-state index in [9.17, 15) is 9.50 Å². The van der Waals surface area contributed by atoms with E-state index in [-0.39, 0.29) is 17.2 Å². The van der Waals surface area contributed by atoms with Crippen molar-refractivity contribution in [3.05, 3.63) is 54.5 Å². The topological polar surface area (TPSA) is 81.5 Å². The molecule has 106 valence electrons. The number of aromatic hydroxyl groups is 1. The fraction of sp³-hybridized carbons (Fsp3) is 0. The van der Waals surface area contributed by atoms with Crippen molar-refractivity contribution in [1.29, 1.82) is 0 Å². The maximum absolute atomic E-state index is 13.8. The zero-order valence-electron chi connectivity index (χ0n) is 10.8. The van der Waals surface area contributed by atoms with Crippen LogP contribution in [0.3, 0.4) is 0 Å². The van der Waals surface area contributed by atoms with Crippen molar-refractivity contribution < 1.29 is 18.8 Å². The van der Waals surface area contributed by atoms with Gasteiger partial charge in [-0.15, -0.1) is 0 Å². The molecular weight excluding hydrogens is 275 g/mol. The van der Waals surface area contributed by atoms with Crippen LogP contribution in [-0.4, -0.2) is 10.3 Å². The molecule has 0 aliphatic carbocycles. The van der Waals surface area contributed by atoms with Gasteiger partial charge in [0.2, 0.25) is 0 Å². The van der Waals surface area contributed by atoms with Crippen LogP contribution in [0.2, 0.25) is 0 Å². The average Bonchev–Trinajstić information content (AvgIpc) is 2.96. The Morgan fingerprint density at radius 3 is 2.71 bits per heavy atom. The second-order valence-electron chi connectivity index (χ2n) is 4.32. The third-order valence-electron chi connectivity index (χ3n) is 2.86. The van der Waals surface area contributed by atoms with Crippen LogP contribution in [0.1, 0.15) is 0 Å². The molecule has 3 aromatic rings. The van der Waals surface area contributed by atoms with Crippen molar-refractivity contribution >= 4 is 5.69 Å². The maximum Gasteiger partial charge on any atom is 0.174 e. The van der Waals surface area contributed by atoms with E-state index in [0.29, 0.717) is 17.0 Å². The summed E-state index contributed by atoms with van der Waals surface area (Å²) in [6, 6.07) is 10.3. The lowest BCUT2D eigenvalue weighted by molar-refractivity contribution is 0.412. The largest absolute Gasteiger partial charge is 0.507 e. The lowest BCUT2D eigenvalue weighted by atomic mass is 10.1. The van der Waals surface area contributed by atoms with Crippen LogP contribution in [0.25, 0.3) is 11.3 Å².